The lowest BCUT2D eigenvalue weighted by Crippen LogP contribution is -2.19. The molecule has 4 N–H and O–H groups in total. The number of aliphatic hydroxyl groups is 2. The minimum Gasteiger partial charge on any atom is -0.481 e. The molecule has 202 valence electrons. The minimum absolute atomic E-state index is 0.0407. The molecule has 0 aliphatic heterocycles. The highest BCUT2D eigenvalue weighted by Crippen LogP contribution is 2.35. The number of carboxylic acid groups (broad SMARTS) is 1. The van der Waals surface area contributed by atoms with Crippen LogP contribution in [0.1, 0.15) is 38.4 Å². The van der Waals surface area contributed by atoms with Crippen LogP contribution in [-0.4, -0.2) is 53.0 Å². The Bertz CT molecular complexity index is 1440. The maximum Gasteiger partial charge on any atom is 0.305 e. The van der Waals surface area contributed by atoms with Gasteiger partial charge in [0.1, 0.15) is 11.6 Å². The molecule has 2 aromatic carbocycles. The van der Waals surface area contributed by atoms with Crippen LogP contribution in [-0.2, 0) is 4.79 Å². The number of aromatic nitrogens is 4. The Balaban J connectivity index is 1.80. The number of nitrogens with one attached hydrogen (secondary N) is 1. The maximum absolute atomic E-state index is 13.7. The highest BCUT2D eigenvalue weighted by Gasteiger charge is 2.23. The van der Waals surface area contributed by atoms with Crippen LogP contribution in [0.3, 0.4) is 0 Å². The molecule has 0 spiro atoms. The zero-order valence-corrected chi connectivity index (χ0v) is 21.6. The van der Waals surface area contributed by atoms with E-state index in [2.05, 4.69) is 10.3 Å². The summed E-state index contributed by atoms with van der Waals surface area (Å²) >= 11 is 0. The number of hydrogen-bond acceptors (Lipinski definition) is 7. The fourth-order valence-electron chi connectivity index (χ4n) is 4.09. The van der Waals surface area contributed by atoms with Gasteiger partial charge in [-0.3, -0.25) is 4.79 Å². The number of para-hydroxylation sites is 1. The summed E-state index contributed by atoms with van der Waals surface area (Å²) in [7, 11) is 0. The molecule has 0 amide bonds. The Morgan fingerprint density at radius 2 is 1.77 bits per heavy atom. The fourth-order valence-corrected chi connectivity index (χ4v) is 4.09. The fraction of sp³-hybridized carbons (Fsp3) is 0.241. The molecule has 0 unspecified atom stereocenters. The van der Waals surface area contributed by atoms with E-state index >= 15 is 0 Å². The lowest BCUT2D eigenvalue weighted by atomic mass is 10.1. The molecule has 9 nitrogen and oxygen atoms in total. The Kier molecular flexibility index (Phi) is 8.80. The van der Waals surface area contributed by atoms with Crippen molar-refractivity contribution in [1.29, 1.82) is 0 Å². The Morgan fingerprint density at radius 3 is 2.44 bits per heavy atom. The van der Waals surface area contributed by atoms with Crippen LogP contribution in [0.15, 0.2) is 72.9 Å². The van der Waals surface area contributed by atoms with Crippen molar-refractivity contribution in [3.63, 3.8) is 0 Å². The zero-order chi connectivity index (χ0) is 27.9. The average molecular weight is 532 g/mol. The first kappa shape index (κ1) is 27.6. The van der Waals surface area contributed by atoms with Gasteiger partial charge in [-0.05, 0) is 48.5 Å². The summed E-state index contributed by atoms with van der Waals surface area (Å²) in [5, 5.41) is 32.5. The number of imidazole rings is 1. The predicted molar refractivity (Wildman–Crippen MR) is 147 cm³/mol. The largest absolute Gasteiger partial charge is 0.481 e. The van der Waals surface area contributed by atoms with Gasteiger partial charge >= 0.3 is 5.97 Å². The van der Waals surface area contributed by atoms with Gasteiger partial charge in [0.2, 0.25) is 5.95 Å². The Morgan fingerprint density at radius 1 is 1.05 bits per heavy atom. The van der Waals surface area contributed by atoms with E-state index in [0.29, 0.717) is 34.4 Å². The molecule has 10 heteroatoms. The van der Waals surface area contributed by atoms with Crippen molar-refractivity contribution < 1.29 is 24.5 Å². The highest BCUT2D eigenvalue weighted by molar-refractivity contribution is 5.79. The SMILES string of the molecule is CC(C)c1nc(-c2ccc(F)cc2)c(-c2ccnc(Nc3ccccc3)n2)n1C=C[C@H](O)C[C@H](O)CC(=O)O. The highest BCUT2D eigenvalue weighted by atomic mass is 19.1. The monoisotopic (exact) mass is 531 g/mol. The smallest absolute Gasteiger partial charge is 0.305 e. The summed E-state index contributed by atoms with van der Waals surface area (Å²) in [6, 6.07) is 17.2. The van der Waals surface area contributed by atoms with Gasteiger partial charge in [0, 0.05) is 36.0 Å². The number of aliphatic hydroxyl groups excluding tert-OH is 2. The third-order valence-electron chi connectivity index (χ3n) is 5.88. The minimum atomic E-state index is -1.20. The van der Waals surface area contributed by atoms with Crippen LogP contribution in [0.5, 0.6) is 0 Å². The lowest BCUT2D eigenvalue weighted by molar-refractivity contribution is -0.139. The second kappa shape index (κ2) is 12.4. The summed E-state index contributed by atoms with van der Waals surface area (Å²) in [5.41, 5.74) is 3.18. The van der Waals surface area contributed by atoms with Crippen LogP contribution in [0.4, 0.5) is 16.0 Å². The Hall–Kier alpha value is -4.41. The van der Waals surface area contributed by atoms with Crippen molar-refractivity contribution in [2.24, 2.45) is 0 Å². The molecule has 2 aromatic heterocycles. The molecular formula is C29H30FN5O4. The number of carboxylic acids is 1. The first-order chi connectivity index (χ1) is 18.7. The number of rotatable bonds is 11. The second-order valence-electron chi connectivity index (χ2n) is 9.35. The van der Waals surface area contributed by atoms with Crippen molar-refractivity contribution >= 4 is 23.8 Å². The maximum atomic E-state index is 13.7. The van der Waals surface area contributed by atoms with Gasteiger partial charge in [0.25, 0.3) is 0 Å². The topological polar surface area (TPSA) is 133 Å². The number of carbonyl (C=O) groups is 1. The van der Waals surface area contributed by atoms with Crippen LogP contribution in [0.25, 0.3) is 28.8 Å². The molecule has 0 radical (unpaired) electrons. The van der Waals surface area contributed by atoms with E-state index in [1.54, 1.807) is 35.2 Å². The molecule has 2 heterocycles. The molecule has 0 saturated carbocycles. The van der Waals surface area contributed by atoms with Gasteiger partial charge in [0.15, 0.2) is 0 Å². The number of anilines is 2. The molecule has 0 fully saturated rings. The summed E-state index contributed by atoms with van der Waals surface area (Å²) in [4.78, 5) is 24.8. The van der Waals surface area contributed by atoms with E-state index in [1.165, 1.54) is 18.2 Å². The number of nitrogens with zero attached hydrogens (tertiary/aromatic N) is 4. The van der Waals surface area contributed by atoms with Crippen LogP contribution >= 0.6 is 0 Å². The van der Waals surface area contributed by atoms with Crippen molar-refractivity contribution in [2.75, 3.05) is 5.32 Å². The molecule has 4 rings (SSSR count). The van der Waals surface area contributed by atoms with Crippen LogP contribution < -0.4 is 5.32 Å². The molecule has 4 aromatic rings. The summed E-state index contributed by atoms with van der Waals surface area (Å²) in [6.45, 7) is 3.95. The Labute approximate surface area is 225 Å². The standard InChI is InChI=1S/C29H30FN5O4/c1-18(2)28-34-26(19-8-10-20(30)11-9-19)27(35(28)15-13-22(36)16-23(37)17-25(38)39)24-12-14-31-29(33-24)32-21-6-4-3-5-7-21/h3-15,18,22-23,36-37H,16-17H2,1-2H3,(H,38,39)(H,31,32,33)/t22-,23-/m0/s1. The molecule has 39 heavy (non-hydrogen) atoms. The quantitative estimate of drug-likeness (QED) is 0.211. The summed E-state index contributed by atoms with van der Waals surface area (Å²) in [6.07, 6.45) is 1.81. The number of hydrogen-bond donors (Lipinski definition) is 4. The molecule has 0 bridgehead atoms. The van der Waals surface area contributed by atoms with Crippen molar-refractivity contribution in [3.05, 3.63) is 84.6 Å². The molecule has 0 aliphatic carbocycles. The second-order valence-corrected chi connectivity index (χ2v) is 9.35. The van der Waals surface area contributed by atoms with Gasteiger partial charge in [-0.2, -0.15) is 0 Å². The van der Waals surface area contributed by atoms with Gasteiger partial charge in [-0.25, -0.2) is 19.3 Å². The zero-order valence-electron chi connectivity index (χ0n) is 21.6. The van der Waals surface area contributed by atoms with E-state index in [0.717, 1.165) is 5.69 Å². The van der Waals surface area contributed by atoms with Crippen molar-refractivity contribution in [3.8, 4) is 22.6 Å². The molecule has 2 atom stereocenters. The number of aliphatic carboxylic acids is 1. The van der Waals surface area contributed by atoms with E-state index < -0.39 is 24.6 Å². The van der Waals surface area contributed by atoms with E-state index in [1.807, 2.05) is 44.2 Å². The van der Waals surface area contributed by atoms with Crippen molar-refractivity contribution in [1.82, 2.24) is 19.5 Å². The van der Waals surface area contributed by atoms with E-state index in [4.69, 9.17) is 15.1 Å². The first-order valence-electron chi connectivity index (χ1n) is 12.5. The molecule has 0 aliphatic rings. The molecular weight excluding hydrogens is 501 g/mol. The number of benzene rings is 2. The van der Waals surface area contributed by atoms with Crippen LogP contribution in [0.2, 0.25) is 0 Å². The molecule has 0 saturated heterocycles. The normalized spacial score (nSPS) is 13.1. The number of halogens is 1. The predicted octanol–water partition coefficient (Wildman–Crippen LogP) is 5.07. The van der Waals surface area contributed by atoms with E-state index in [9.17, 15) is 19.4 Å². The third kappa shape index (κ3) is 7.13. The third-order valence-corrected chi connectivity index (χ3v) is 5.88. The summed E-state index contributed by atoms with van der Waals surface area (Å²) in [5.74, 6) is -0.534. The first-order valence-corrected chi connectivity index (χ1v) is 12.5. The van der Waals surface area contributed by atoms with Gasteiger partial charge in [-0.15, -0.1) is 0 Å². The summed E-state index contributed by atoms with van der Waals surface area (Å²) < 4.78 is 15.5. The van der Waals surface area contributed by atoms with Gasteiger partial charge < -0.3 is 25.2 Å². The van der Waals surface area contributed by atoms with E-state index in [-0.39, 0.29) is 18.2 Å². The average Bonchev–Trinajstić information content (AvgIpc) is 3.28. The van der Waals surface area contributed by atoms with Crippen LogP contribution in [0, 0.1) is 5.82 Å². The van der Waals surface area contributed by atoms with Gasteiger partial charge in [-0.1, -0.05) is 32.0 Å². The van der Waals surface area contributed by atoms with Crippen molar-refractivity contribution in [2.45, 2.75) is 44.8 Å². The lowest BCUT2D eigenvalue weighted by Gasteiger charge is -2.13. The van der Waals surface area contributed by atoms with Gasteiger partial charge in [0.05, 0.1) is 35.7 Å².